The van der Waals surface area contributed by atoms with Crippen LogP contribution in [0.25, 0.3) is 39.3 Å². The summed E-state index contributed by atoms with van der Waals surface area (Å²) in [5.74, 6) is -0.0733. The van der Waals surface area contributed by atoms with Gasteiger partial charge in [0.15, 0.2) is 0 Å². The maximum atomic E-state index is 13.7. The Hall–Kier alpha value is -6.47. The number of nitrogens with zero attached hydrogens (tertiary/aromatic N) is 8. The predicted octanol–water partition coefficient (Wildman–Crippen LogP) is 7.85. The molecule has 6 aromatic carbocycles. The molecular formula is C62H66Br2F2MgN8O4. The number of hydrogen-bond acceptors (Lipinski definition) is 8. The van der Waals surface area contributed by atoms with Crippen LogP contribution in [0.5, 0.6) is 0 Å². The van der Waals surface area contributed by atoms with Gasteiger partial charge in [0.05, 0.1) is 58.1 Å². The van der Waals surface area contributed by atoms with E-state index in [1.165, 1.54) is 39.5 Å². The number of allylic oxidation sites excluding steroid dienone is 2. The molecule has 0 saturated heterocycles. The Morgan fingerprint density at radius 3 is 1.29 bits per heavy atom. The molecule has 8 aromatic rings. The van der Waals surface area contributed by atoms with Crippen LogP contribution in [0.2, 0.25) is 0 Å². The first-order valence-electron chi connectivity index (χ1n) is 25.3. The summed E-state index contributed by atoms with van der Waals surface area (Å²) in [5, 5.41) is 0.916. The molecule has 0 radical (unpaired) electrons. The summed E-state index contributed by atoms with van der Waals surface area (Å²) in [5.41, 5.74) is 4.45. The van der Waals surface area contributed by atoms with Gasteiger partial charge in [-0.15, -0.1) is 0 Å². The Balaban J connectivity index is 0.000000317. The van der Waals surface area contributed by atoms with Gasteiger partial charge in [-0.3, -0.25) is 34.4 Å². The van der Waals surface area contributed by atoms with Gasteiger partial charge in [0.1, 0.15) is 23.3 Å². The third-order valence-corrected chi connectivity index (χ3v) is 13.2. The Morgan fingerprint density at radius 1 is 0.582 bits per heavy atom. The number of carbonyl (C=O) groups is 2. The first kappa shape index (κ1) is 65.0. The molecule has 0 fully saturated rings. The van der Waals surface area contributed by atoms with Gasteiger partial charge in [-0.05, 0) is 151 Å². The maximum Gasteiger partial charge on any atom is 2.00 e. The van der Waals surface area contributed by atoms with Crippen molar-refractivity contribution >= 4 is 78.7 Å². The first-order valence-corrected chi connectivity index (χ1v) is 26.1. The molecule has 12 nitrogen and oxygen atoms in total. The molecule has 2 aromatic heterocycles. The standard InChI is InChI=1S/C31H33FN4O2.C28H28BrFN4O2.C3H5.BrH.Mg/c1-5-8-23-11-13-24(14-12-23)21-29(37)35(20-19-34(3)4)22(2)30-33-28-10-7-6-9-27(28)31(38)36(30)26-17-15-25(32)16-18-26;1-19(33(17-16-32(2)3)26(35)18-20-8-10-21(29)11-9-20)27-31-25-7-5-4-6-24(25)28(36)34(27)23-14-12-22(30)13-15-23;1-3-2;;/h5-18,22H,19-21H2,1-4H3;4-15,19H,16-18H2,1-3H3;1,3H,2H3;1H;/q;;-1;;+2/p-1/b8-5-;;;;. The van der Waals surface area contributed by atoms with Gasteiger partial charge in [-0.2, -0.15) is 0 Å². The zero-order valence-corrected chi connectivity index (χ0v) is 50.6. The van der Waals surface area contributed by atoms with Gasteiger partial charge in [0.25, 0.3) is 11.1 Å². The SMILES string of the molecule is C/C=C\c1ccc(CC(=O)N(CCN(C)C)C(C)c2nc3ccccc3c(=O)n2-c2ccc(F)cc2)cc1.CC(c1nc2ccccc2c(=O)n1-c1ccc(F)cc1)N(CCN(C)C)C(=O)Cc1ccc(Br)cc1.[Br-].[CH-]=CC.[Mg+2]. The average Bonchev–Trinajstić information content (AvgIpc) is 3.49. The topological polar surface area (TPSA) is 117 Å². The van der Waals surface area contributed by atoms with Crippen LogP contribution in [-0.2, 0) is 22.4 Å². The smallest absolute Gasteiger partial charge is 1.00 e. The minimum Gasteiger partial charge on any atom is -1.00 e. The number of amides is 2. The van der Waals surface area contributed by atoms with Gasteiger partial charge >= 0.3 is 23.1 Å². The van der Waals surface area contributed by atoms with Crippen LogP contribution in [0.1, 0.15) is 68.1 Å². The van der Waals surface area contributed by atoms with Crippen LogP contribution in [0.15, 0.2) is 172 Å². The second kappa shape index (κ2) is 31.4. The second-order valence-electron chi connectivity index (χ2n) is 18.9. The summed E-state index contributed by atoms with van der Waals surface area (Å²) in [6, 6.07) is 40.3. The van der Waals surface area contributed by atoms with Crippen molar-refractivity contribution in [3.05, 3.63) is 229 Å². The Kier molecular flexibility index (Phi) is 25.8. The molecule has 0 N–H and O–H groups in total. The number of benzene rings is 6. The molecule has 17 heteroatoms. The van der Waals surface area contributed by atoms with E-state index in [1.807, 2.05) is 132 Å². The van der Waals surface area contributed by atoms with Gasteiger partial charge in [-0.1, -0.05) is 95.7 Å². The van der Waals surface area contributed by atoms with E-state index in [0.717, 1.165) is 21.2 Å². The molecule has 408 valence electrons. The molecule has 2 atom stereocenters. The van der Waals surface area contributed by atoms with Gasteiger partial charge in [-0.25, -0.2) is 18.7 Å². The van der Waals surface area contributed by atoms with E-state index in [1.54, 1.807) is 77.4 Å². The van der Waals surface area contributed by atoms with Crippen molar-refractivity contribution in [1.82, 2.24) is 38.7 Å². The van der Waals surface area contributed by atoms with E-state index in [4.69, 9.17) is 16.5 Å². The second-order valence-corrected chi connectivity index (χ2v) is 19.8. The number of halogens is 4. The number of rotatable bonds is 17. The zero-order chi connectivity index (χ0) is 55.8. The summed E-state index contributed by atoms with van der Waals surface area (Å²) in [6.07, 6.45) is 5.93. The quantitative estimate of drug-likeness (QED) is 0.0669. The Labute approximate surface area is 497 Å². The summed E-state index contributed by atoms with van der Waals surface area (Å²) in [4.78, 5) is 71.9. The normalized spacial score (nSPS) is 11.7. The zero-order valence-electron chi connectivity index (χ0n) is 46.0. The molecule has 0 aliphatic heterocycles. The first-order chi connectivity index (χ1) is 36.9. The fourth-order valence-corrected chi connectivity index (χ4v) is 8.86. The number of likely N-dealkylation sites (N-methyl/N-ethyl adjacent to an activating group) is 2. The molecule has 0 spiro atoms. The molecule has 0 aliphatic rings. The predicted molar refractivity (Wildman–Crippen MR) is 315 cm³/mol. The molecule has 0 bridgehead atoms. The number of fused-ring (bicyclic) bond motifs is 2. The number of aromatic nitrogens is 4. The summed E-state index contributed by atoms with van der Waals surface area (Å²) in [7, 11) is 7.81. The van der Waals surface area contributed by atoms with E-state index in [9.17, 15) is 28.0 Å². The van der Waals surface area contributed by atoms with E-state index in [0.29, 0.717) is 71.0 Å². The molecule has 2 unspecified atom stereocenters. The van der Waals surface area contributed by atoms with Crippen molar-refractivity contribution < 1.29 is 35.4 Å². The monoisotopic (exact) mass is 1210 g/mol. The summed E-state index contributed by atoms with van der Waals surface area (Å²) in [6.45, 7) is 14.4. The largest absolute Gasteiger partial charge is 2.00 e. The summed E-state index contributed by atoms with van der Waals surface area (Å²) >= 11 is 3.43. The van der Waals surface area contributed by atoms with Crippen LogP contribution >= 0.6 is 15.9 Å². The van der Waals surface area contributed by atoms with Crippen molar-refractivity contribution in [2.45, 2.75) is 52.6 Å². The van der Waals surface area contributed by atoms with E-state index < -0.39 is 23.7 Å². The van der Waals surface area contributed by atoms with E-state index >= 15 is 0 Å². The van der Waals surface area contributed by atoms with Crippen LogP contribution in [0.4, 0.5) is 8.78 Å². The third kappa shape index (κ3) is 17.5. The van der Waals surface area contributed by atoms with E-state index in [2.05, 4.69) is 15.9 Å². The molecule has 8 rings (SSSR count). The molecule has 79 heavy (non-hydrogen) atoms. The Morgan fingerprint density at radius 2 is 0.937 bits per heavy atom. The van der Waals surface area contributed by atoms with Gasteiger partial charge in [0.2, 0.25) is 11.8 Å². The summed E-state index contributed by atoms with van der Waals surface area (Å²) < 4.78 is 31.4. The van der Waals surface area contributed by atoms with Crippen molar-refractivity contribution in [2.75, 3.05) is 54.4 Å². The number of carbonyl (C=O) groups excluding carboxylic acids is 2. The molecule has 2 amide bonds. The molecule has 0 aliphatic carbocycles. The van der Waals surface area contributed by atoms with Crippen molar-refractivity contribution in [2.24, 2.45) is 0 Å². The van der Waals surface area contributed by atoms with Gasteiger partial charge < -0.3 is 43.2 Å². The number of hydrogen-bond donors (Lipinski definition) is 0. The molecule has 2 heterocycles. The maximum absolute atomic E-state index is 13.7. The van der Waals surface area contributed by atoms with Crippen LogP contribution in [0.3, 0.4) is 0 Å². The van der Waals surface area contributed by atoms with E-state index in [-0.39, 0.29) is 75.8 Å². The average molecular weight is 1210 g/mol. The fraction of sp³-hybridized carbons (Fsp3) is 0.258. The van der Waals surface area contributed by atoms with Crippen LogP contribution in [0, 0.1) is 18.2 Å². The minimum absolute atomic E-state index is 0. The van der Waals surface area contributed by atoms with Crippen LogP contribution in [-0.4, -0.2) is 128 Å². The van der Waals surface area contributed by atoms with Crippen molar-refractivity contribution in [3.63, 3.8) is 0 Å². The van der Waals surface area contributed by atoms with Gasteiger partial charge in [0, 0.05) is 30.7 Å². The van der Waals surface area contributed by atoms with Crippen molar-refractivity contribution in [1.29, 1.82) is 0 Å². The molecule has 0 saturated carbocycles. The third-order valence-electron chi connectivity index (χ3n) is 12.6. The van der Waals surface area contributed by atoms with Crippen LogP contribution < -0.4 is 28.1 Å². The van der Waals surface area contributed by atoms with Crippen molar-refractivity contribution in [3.8, 4) is 11.4 Å². The number of para-hydroxylation sites is 2. The molecular weight excluding hydrogens is 1140 g/mol. The Bertz CT molecular complexity index is 3430. The fourth-order valence-electron chi connectivity index (χ4n) is 8.60. The minimum atomic E-state index is -0.521.